The van der Waals surface area contributed by atoms with Crippen LogP contribution in [0.25, 0.3) is 0 Å². The standard InChI is InChI=1S/C11H21N3O3S/c1-6-11(3,4)14(5)18(16,17)10-8(2)12-13-9(10)7-15/h15H,6-7H2,1-5H3,(H,12,13). The molecule has 6 nitrogen and oxygen atoms in total. The number of hydrogen-bond acceptors (Lipinski definition) is 4. The lowest BCUT2D eigenvalue weighted by molar-refractivity contribution is 0.253. The maximum Gasteiger partial charge on any atom is 0.247 e. The number of aromatic nitrogens is 2. The van der Waals surface area contributed by atoms with Crippen LogP contribution in [-0.2, 0) is 16.6 Å². The minimum Gasteiger partial charge on any atom is -0.390 e. The second kappa shape index (κ2) is 4.99. The first-order valence-corrected chi connectivity index (χ1v) is 7.26. The van der Waals surface area contributed by atoms with Gasteiger partial charge in [-0.05, 0) is 27.2 Å². The molecule has 104 valence electrons. The molecule has 0 unspecified atom stereocenters. The number of hydrogen-bond donors (Lipinski definition) is 2. The van der Waals surface area contributed by atoms with E-state index in [0.717, 1.165) is 0 Å². The van der Waals surface area contributed by atoms with E-state index in [1.165, 1.54) is 4.31 Å². The number of sulfonamides is 1. The molecule has 0 bridgehead atoms. The topological polar surface area (TPSA) is 86.3 Å². The van der Waals surface area contributed by atoms with Gasteiger partial charge in [0.1, 0.15) is 10.6 Å². The summed E-state index contributed by atoms with van der Waals surface area (Å²) in [6.45, 7) is 6.88. The van der Waals surface area contributed by atoms with Gasteiger partial charge in [0.05, 0.1) is 12.3 Å². The van der Waals surface area contributed by atoms with Crippen molar-refractivity contribution < 1.29 is 13.5 Å². The number of aryl methyl sites for hydroxylation is 1. The van der Waals surface area contributed by atoms with Crippen molar-refractivity contribution in [1.82, 2.24) is 14.5 Å². The number of aliphatic hydroxyl groups excluding tert-OH is 1. The van der Waals surface area contributed by atoms with Gasteiger partial charge in [-0.3, -0.25) is 5.10 Å². The molecule has 0 aromatic carbocycles. The molecular formula is C11H21N3O3S. The van der Waals surface area contributed by atoms with Gasteiger partial charge in [0.2, 0.25) is 10.0 Å². The fraction of sp³-hybridized carbons (Fsp3) is 0.727. The third-order valence-corrected chi connectivity index (χ3v) is 5.72. The summed E-state index contributed by atoms with van der Waals surface area (Å²) in [5, 5.41) is 15.6. The maximum atomic E-state index is 12.6. The predicted molar refractivity (Wildman–Crippen MR) is 68.6 cm³/mol. The van der Waals surface area contributed by atoms with Crippen LogP contribution in [0.15, 0.2) is 4.90 Å². The molecule has 0 aliphatic heterocycles. The zero-order valence-electron chi connectivity index (χ0n) is 11.5. The van der Waals surface area contributed by atoms with Gasteiger partial charge < -0.3 is 5.11 Å². The molecule has 0 aliphatic carbocycles. The van der Waals surface area contributed by atoms with E-state index in [4.69, 9.17) is 0 Å². The molecule has 0 aliphatic rings. The van der Waals surface area contributed by atoms with Gasteiger partial charge in [0, 0.05) is 12.6 Å². The van der Waals surface area contributed by atoms with Crippen LogP contribution in [0.2, 0.25) is 0 Å². The highest BCUT2D eigenvalue weighted by Crippen LogP contribution is 2.28. The van der Waals surface area contributed by atoms with Crippen LogP contribution < -0.4 is 0 Å². The average Bonchev–Trinajstić information content (AvgIpc) is 2.69. The summed E-state index contributed by atoms with van der Waals surface area (Å²) in [6.07, 6.45) is 0.689. The molecule has 0 amide bonds. The van der Waals surface area contributed by atoms with Crippen molar-refractivity contribution in [2.45, 2.75) is 51.2 Å². The fourth-order valence-electron chi connectivity index (χ4n) is 1.60. The van der Waals surface area contributed by atoms with Crippen LogP contribution >= 0.6 is 0 Å². The Morgan fingerprint density at radius 3 is 2.44 bits per heavy atom. The number of H-pyrrole nitrogens is 1. The minimum atomic E-state index is -3.66. The van der Waals surface area contributed by atoms with E-state index in [1.54, 1.807) is 14.0 Å². The van der Waals surface area contributed by atoms with Crippen molar-refractivity contribution in [3.8, 4) is 0 Å². The van der Waals surface area contributed by atoms with E-state index >= 15 is 0 Å². The minimum absolute atomic E-state index is 0.0778. The van der Waals surface area contributed by atoms with E-state index in [0.29, 0.717) is 12.1 Å². The fourth-order valence-corrected chi connectivity index (χ4v) is 3.50. The number of aromatic amines is 1. The first-order chi connectivity index (χ1) is 8.18. The lowest BCUT2D eigenvalue weighted by atomic mass is 10.0. The largest absolute Gasteiger partial charge is 0.390 e. The summed E-state index contributed by atoms with van der Waals surface area (Å²) in [6, 6.07) is 0. The molecule has 1 rings (SSSR count). The number of nitrogens with zero attached hydrogens (tertiary/aromatic N) is 2. The van der Waals surface area contributed by atoms with Gasteiger partial charge in [-0.25, -0.2) is 8.42 Å². The molecule has 0 fully saturated rings. The third kappa shape index (κ3) is 2.43. The summed E-state index contributed by atoms with van der Waals surface area (Å²) in [5.41, 5.74) is 0.110. The van der Waals surface area contributed by atoms with Gasteiger partial charge in [0.25, 0.3) is 0 Å². The summed E-state index contributed by atoms with van der Waals surface area (Å²) < 4.78 is 26.4. The van der Waals surface area contributed by atoms with Crippen LogP contribution in [0, 0.1) is 6.92 Å². The van der Waals surface area contributed by atoms with Gasteiger partial charge in [-0.1, -0.05) is 6.92 Å². The molecule has 0 saturated heterocycles. The Kier molecular flexibility index (Phi) is 4.19. The molecule has 0 saturated carbocycles. The first kappa shape index (κ1) is 15.1. The van der Waals surface area contributed by atoms with Gasteiger partial charge in [0.15, 0.2) is 0 Å². The average molecular weight is 275 g/mol. The molecule has 18 heavy (non-hydrogen) atoms. The van der Waals surface area contributed by atoms with Crippen molar-refractivity contribution in [2.75, 3.05) is 7.05 Å². The Balaban J connectivity index is 3.34. The zero-order valence-corrected chi connectivity index (χ0v) is 12.3. The Bertz CT molecular complexity index is 520. The van der Waals surface area contributed by atoms with Crippen molar-refractivity contribution >= 4 is 10.0 Å². The molecule has 1 aromatic heterocycles. The molecular weight excluding hydrogens is 254 g/mol. The SMILES string of the molecule is CCC(C)(C)N(C)S(=O)(=O)c1c(CO)n[nH]c1C. The van der Waals surface area contributed by atoms with Gasteiger partial charge in [-0.15, -0.1) is 0 Å². The van der Waals surface area contributed by atoms with E-state index in [2.05, 4.69) is 10.2 Å². The van der Waals surface area contributed by atoms with Crippen LogP contribution in [0.5, 0.6) is 0 Å². The highest BCUT2D eigenvalue weighted by atomic mass is 32.2. The van der Waals surface area contributed by atoms with Crippen LogP contribution in [-0.4, -0.2) is 40.6 Å². The Labute approximate surface area is 108 Å². The summed E-state index contributed by atoms with van der Waals surface area (Å²) in [5.74, 6) is 0. The molecule has 1 heterocycles. The summed E-state index contributed by atoms with van der Waals surface area (Å²) in [4.78, 5) is 0.0778. The van der Waals surface area contributed by atoms with Crippen molar-refractivity contribution in [2.24, 2.45) is 0 Å². The highest BCUT2D eigenvalue weighted by Gasteiger charge is 2.36. The molecule has 0 spiro atoms. The Hall–Kier alpha value is -0.920. The van der Waals surface area contributed by atoms with Gasteiger partial charge in [-0.2, -0.15) is 9.40 Å². The van der Waals surface area contributed by atoms with E-state index in [9.17, 15) is 13.5 Å². The maximum absolute atomic E-state index is 12.6. The van der Waals surface area contributed by atoms with E-state index < -0.39 is 22.2 Å². The second-order valence-corrected chi connectivity index (χ2v) is 6.83. The predicted octanol–water partition coefficient (Wildman–Crippen LogP) is 1.02. The van der Waals surface area contributed by atoms with Gasteiger partial charge >= 0.3 is 0 Å². The van der Waals surface area contributed by atoms with Crippen LogP contribution in [0.3, 0.4) is 0 Å². The molecule has 7 heteroatoms. The number of rotatable bonds is 5. The van der Waals surface area contributed by atoms with Crippen LogP contribution in [0.4, 0.5) is 0 Å². The van der Waals surface area contributed by atoms with Crippen molar-refractivity contribution in [3.63, 3.8) is 0 Å². The second-order valence-electron chi connectivity index (χ2n) is 4.92. The van der Waals surface area contributed by atoms with Crippen LogP contribution in [0.1, 0.15) is 38.6 Å². The third-order valence-electron chi connectivity index (χ3n) is 3.45. The van der Waals surface area contributed by atoms with Crippen molar-refractivity contribution in [3.05, 3.63) is 11.4 Å². The smallest absolute Gasteiger partial charge is 0.247 e. The monoisotopic (exact) mass is 275 g/mol. The molecule has 0 radical (unpaired) electrons. The number of nitrogens with one attached hydrogen (secondary N) is 1. The Morgan fingerprint density at radius 1 is 1.44 bits per heavy atom. The quantitative estimate of drug-likeness (QED) is 0.840. The highest BCUT2D eigenvalue weighted by molar-refractivity contribution is 7.89. The first-order valence-electron chi connectivity index (χ1n) is 5.82. The summed E-state index contributed by atoms with van der Waals surface area (Å²) in [7, 11) is -2.11. The lowest BCUT2D eigenvalue weighted by Crippen LogP contribution is -2.44. The molecule has 1 aromatic rings. The van der Waals surface area contributed by atoms with E-state index in [-0.39, 0.29) is 10.6 Å². The summed E-state index contributed by atoms with van der Waals surface area (Å²) >= 11 is 0. The normalized spacial score (nSPS) is 13.3. The van der Waals surface area contributed by atoms with Crippen molar-refractivity contribution in [1.29, 1.82) is 0 Å². The lowest BCUT2D eigenvalue weighted by Gasteiger charge is -2.33. The molecule has 0 atom stereocenters. The molecule has 2 N–H and O–H groups in total. The zero-order chi connectivity index (χ0) is 14.1. The Morgan fingerprint density at radius 2 is 2.00 bits per heavy atom. The number of aliphatic hydroxyl groups is 1. The van der Waals surface area contributed by atoms with E-state index in [1.807, 2.05) is 20.8 Å².